The molecule has 166 valence electrons. The molecule has 4 aromatic rings. The molecule has 10 heteroatoms. The van der Waals surface area contributed by atoms with Crippen LogP contribution in [0.5, 0.6) is 0 Å². The molecule has 0 atom stereocenters. The number of benzene rings is 1. The summed E-state index contributed by atoms with van der Waals surface area (Å²) in [5.41, 5.74) is 0.924. The van der Waals surface area contributed by atoms with Crippen molar-refractivity contribution in [3.05, 3.63) is 90.2 Å². The first kappa shape index (κ1) is 23.7. The van der Waals surface area contributed by atoms with E-state index in [2.05, 4.69) is 32.3 Å². The summed E-state index contributed by atoms with van der Waals surface area (Å²) in [6, 6.07) is 13.0. The molecule has 4 rings (SSSR count). The second-order valence-electron chi connectivity index (χ2n) is 7.30. The Bertz CT molecular complexity index is 1220. The van der Waals surface area contributed by atoms with Gasteiger partial charge in [-0.15, -0.1) is 6.07 Å². The largest absolute Gasteiger partial charge is 2.00 e. The normalized spacial score (nSPS) is 11.8. The van der Waals surface area contributed by atoms with Gasteiger partial charge in [-0.3, -0.25) is 4.68 Å². The average molecular weight is 620 g/mol. The van der Waals surface area contributed by atoms with Crippen LogP contribution in [0.25, 0.3) is 16.9 Å². The smallest absolute Gasteiger partial charge is 0.309 e. The Balaban J connectivity index is 0.00000289. The van der Waals surface area contributed by atoms with Crippen LogP contribution in [0.3, 0.4) is 0 Å². The fourth-order valence-corrected chi connectivity index (χ4v) is 3.02. The Morgan fingerprint density at radius 3 is 2.50 bits per heavy atom. The molecule has 1 aromatic carbocycles. The summed E-state index contributed by atoms with van der Waals surface area (Å²) in [7, 11) is 0. The van der Waals surface area contributed by atoms with E-state index in [1.54, 1.807) is 24.4 Å². The van der Waals surface area contributed by atoms with Gasteiger partial charge in [-0.05, 0) is 43.6 Å². The second kappa shape index (κ2) is 8.90. The van der Waals surface area contributed by atoms with Crippen LogP contribution in [0, 0.1) is 18.3 Å². The van der Waals surface area contributed by atoms with Gasteiger partial charge in [0.2, 0.25) is 6.08 Å². The van der Waals surface area contributed by atoms with E-state index in [1.807, 2.05) is 19.9 Å². The molecule has 3 heterocycles. The number of alkyl halides is 3. The SMILES string of the molecule is CC(C)(c1cccc(-c2[c-]nc(F)nc2)n1)c1ccn(-c2[c-]ccc(C(F)(F)F)c2)n1.[Pt+2]. The Labute approximate surface area is 195 Å². The summed E-state index contributed by atoms with van der Waals surface area (Å²) >= 11 is 0. The zero-order valence-electron chi connectivity index (χ0n) is 16.8. The Morgan fingerprint density at radius 1 is 1.03 bits per heavy atom. The van der Waals surface area contributed by atoms with E-state index in [0.717, 1.165) is 12.1 Å². The Hall–Kier alpha value is -2.93. The zero-order chi connectivity index (χ0) is 22.2. The quantitative estimate of drug-likeness (QED) is 0.187. The number of halogens is 4. The number of hydrogen-bond acceptors (Lipinski definition) is 4. The van der Waals surface area contributed by atoms with Gasteiger partial charge in [0.1, 0.15) is 0 Å². The van der Waals surface area contributed by atoms with E-state index in [4.69, 9.17) is 0 Å². The minimum atomic E-state index is -4.45. The Morgan fingerprint density at radius 2 is 1.81 bits per heavy atom. The number of nitrogens with zero attached hydrogens (tertiary/aromatic N) is 5. The molecule has 0 saturated carbocycles. The van der Waals surface area contributed by atoms with Crippen molar-refractivity contribution >= 4 is 0 Å². The van der Waals surface area contributed by atoms with Crippen molar-refractivity contribution in [3.63, 3.8) is 0 Å². The molecule has 0 aliphatic heterocycles. The van der Waals surface area contributed by atoms with Crippen LogP contribution in [-0.4, -0.2) is 24.7 Å². The number of aromatic nitrogens is 5. The van der Waals surface area contributed by atoms with Gasteiger partial charge in [-0.1, -0.05) is 29.5 Å². The van der Waals surface area contributed by atoms with Crippen LogP contribution < -0.4 is 0 Å². The molecule has 0 bridgehead atoms. The topological polar surface area (TPSA) is 56.5 Å². The maximum atomic E-state index is 13.0. The molecule has 3 aromatic heterocycles. The number of hydrogen-bond donors (Lipinski definition) is 0. The van der Waals surface area contributed by atoms with Crippen LogP contribution in [0.4, 0.5) is 17.6 Å². The molecular formula is C22H15F4N5Pt. The molecule has 0 spiro atoms. The van der Waals surface area contributed by atoms with E-state index in [9.17, 15) is 17.6 Å². The van der Waals surface area contributed by atoms with E-state index in [0.29, 0.717) is 22.6 Å². The molecule has 5 nitrogen and oxygen atoms in total. The summed E-state index contributed by atoms with van der Waals surface area (Å²) < 4.78 is 53.4. The van der Waals surface area contributed by atoms with Crippen molar-refractivity contribution in [3.8, 4) is 16.9 Å². The molecule has 0 N–H and O–H groups in total. The first-order valence-corrected chi connectivity index (χ1v) is 9.18. The second-order valence-corrected chi connectivity index (χ2v) is 7.30. The summed E-state index contributed by atoms with van der Waals surface area (Å²) in [6.07, 6.45) is 0.0864. The molecule has 0 aliphatic carbocycles. The van der Waals surface area contributed by atoms with Gasteiger partial charge >= 0.3 is 27.2 Å². The molecule has 0 aliphatic rings. The van der Waals surface area contributed by atoms with Crippen molar-refractivity contribution in [2.75, 3.05) is 0 Å². The molecule has 32 heavy (non-hydrogen) atoms. The molecule has 0 radical (unpaired) electrons. The van der Waals surface area contributed by atoms with Crippen molar-refractivity contribution < 1.29 is 38.6 Å². The standard InChI is InChI=1S/C22H15F4N5.Pt/c1-21(2,18-8-4-7-17(29-18)14-12-27-20(23)28-13-14)19-9-10-31(30-19)16-6-3-5-15(11-16)22(24,25)26;/h3-5,7-12H,1-2H3;/q-2;+2. The van der Waals surface area contributed by atoms with E-state index >= 15 is 0 Å². The summed E-state index contributed by atoms with van der Waals surface area (Å²) in [5.74, 6) is 0. The minimum Gasteiger partial charge on any atom is -0.309 e. The first-order chi connectivity index (χ1) is 14.6. The zero-order valence-corrected chi connectivity index (χ0v) is 19.0. The number of rotatable bonds is 4. The molecule has 0 amide bonds. The van der Waals surface area contributed by atoms with E-state index in [-0.39, 0.29) is 26.8 Å². The number of pyridine rings is 1. The predicted octanol–water partition coefficient (Wildman–Crippen LogP) is 4.81. The molecule has 0 fully saturated rings. The van der Waals surface area contributed by atoms with Crippen LogP contribution in [0.2, 0.25) is 0 Å². The molecular weight excluding hydrogens is 605 g/mol. The van der Waals surface area contributed by atoms with Gasteiger partial charge in [0.25, 0.3) is 0 Å². The monoisotopic (exact) mass is 620 g/mol. The van der Waals surface area contributed by atoms with Crippen molar-refractivity contribution in [2.45, 2.75) is 25.4 Å². The van der Waals surface area contributed by atoms with Gasteiger partial charge in [0, 0.05) is 11.9 Å². The van der Waals surface area contributed by atoms with Crippen molar-refractivity contribution in [1.82, 2.24) is 24.7 Å². The van der Waals surface area contributed by atoms with Gasteiger partial charge in [-0.2, -0.15) is 36.5 Å². The van der Waals surface area contributed by atoms with Crippen LogP contribution in [0.15, 0.2) is 54.9 Å². The summed E-state index contributed by atoms with van der Waals surface area (Å²) in [6.45, 7) is 3.79. The van der Waals surface area contributed by atoms with Crippen LogP contribution in [0.1, 0.15) is 30.8 Å². The average Bonchev–Trinajstić information content (AvgIpc) is 3.25. The van der Waals surface area contributed by atoms with Gasteiger partial charge in [0.15, 0.2) is 0 Å². The third-order valence-electron chi connectivity index (χ3n) is 4.82. The fraction of sp³-hybridized carbons (Fsp3) is 0.182. The Kier molecular flexibility index (Phi) is 6.60. The van der Waals surface area contributed by atoms with Crippen LogP contribution in [-0.2, 0) is 32.7 Å². The first-order valence-electron chi connectivity index (χ1n) is 9.18. The summed E-state index contributed by atoms with van der Waals surface area (Å²) in [4.78, 5) is 11.6. The van der Waals surface area contributed by atoms with E-state index < -0.39 is 23.2 Å². The fourth-order valence-electron chi connectivity index (χ4n) is 3.02. The maximum Gasteiger partial charge on any atom is 2.00 e. The maximum absolute atomic E-state index is 13.0. The minimum absolute atomic E-state index is 0. The van der Waals surface area contributed by atoms with Gasteiger partial charge in [-0.25, -0.2) is 4.39 Å². The van der Waals surface area contributed by atoms with Gasteiger partial charge < -0.3 is 15.0 Å². The van der Waals surface area contributed by atoms with Gasteiger partial charge in [0.05, 0.1) is 11.1 Å². The van der Waals surface area contributed by atoms with Crippen molar-refractivity contribution in [2.24, 2.45) is 0 Å². The van der Waals surface area contributed by atoms with Crippen LogP contribution >= 0.6 is 0 Å². The van der Waals surface area contributed by atoms with E-state index in [1.165, 1.54) is 16.9 Å². The third kappa shape index (κ3) is 4.77. The molecule has 0 unspecified atom stereocenters. The third-order valence-corrected chi connectivity index (χ3v) is 4.82. The summed E-state index contributed by atoms with van der Waals surface area (Å²) in [5, 5.41) is 4.46. The predicted molar refractivity (Wildman–Crippen MR) is 104 cm³/mol. The van der Waals surface area contributed by atoms with Crippen molar-refractivity contribution in [1.29, 1.82) is 0 Å². The molecule has 0 saturated heterocycles.